The van der Waals surface area contributed by atoms with Gasteiger partial charge in [-0.25, -0.2) is 0 Å². The molecule has 1 atom stereocenters. The molecule has 1 aliphatic heterocycles. The predicted molar refractivity (Wildman–Crippen MR) is 92.1 cm³/mol. The summed E-state index contributed by atoms with van der Waals surface area (Å²) in [6.45, 7) is 1.84. The average molecular weight is 354 g/mol. The van der Waals surface area contributed by atoms with Crippen LogP contribution in [0.3, 0.4) is 0 Å². The van der Waals surface area contributed by atoms with Gasteiger partial charge in [0, 0.05) is 18.0 Å². The molecular weight excluding hydrogens is 333 g/mol. The molecular formula is C18H21F3N2S. The van der Waals surface area contributed by atoms with Crippen LogP contribution in [0.2, 0.25) is 0 Å². The van der Waals surface area contributed by atoms with Gasteiger partial charge in [-0.1, -0.05) is 30.3 Å². The SMILES string of the molecule is FC(F)(F)CN1CCC(CNCc2cc(-c3ccccc3)cs2)C1. The minimum Gasteiger partial charge on any atom is -0.312 e. The summed E-state index contributed by atoms with van der Waals surface area (Å²) in [7, 11) is 0. The molecule has 0 amide bonds. The number of nitrogens with zero attached hydrogens (tertiary/aromatic N) is 1. The maximum Gasteiger partial charge on any atom is 0.401 e. The normalized spacial score (nSPS) is 19.0. The van der Waals surface area contributed by atoms with E-state index in [0.29, 0.717) is 19.0 Å². The Hall–Kier alpha value is -1.37. The highest BCUT2D eigenvalue weighted by molar-refractivity contribution is 7.10. The fourth-order valence-electron chi connectivity index (χ4n) is 3.13. The molecule has 2 heterocycles. The Kier molecular flexibility index (Phi) is 5.58. The van der Waals surface area contributed by atoms with Gasteiger partial charge < -0.3 is 5.32 Å². The Labute approximate surface area is 144 Å². The molecule has 1 fully saturated rings. The minimum absolute atomic E-state index is 0.306. The third-order valence-electron chi connectivity index (χ3n) is 4.27. The van der Waals surface area contributed by atoms with Gasteiger partial charge in [-0.05, 0) is 48.0 Å². The second-order valence-corrected chi connectivity index (χ2v) is 7.30. The van der Waals surface area contributed by atoms with Crippen molar-refractivity contribution in [3.63, 3.8) is 0 Å². The Balaban J connectivity index is 1.42. The van der Waals surface area contributed by atoms with Crippen molar-refractivity contribution in [3.8, 4) is 11.1 Å². The molecule has 24 heavy (non-hydrogen) atoms. The van der Waals surface area contributed by atoms with Gasteiger partial charge >= 0.3 is 6.18 Å². The molecule has 3 rings (SSSR count). The summed E-state index contributed by atoms with van der Waals surface area (Å²) in [5.41, 5.74) is 2.42. The number of hydrogen-bond donors (Lipinski definition) is 1. The monoisotopic (exact) mass is 354 g/mol. The van der Waals surface area contributed by atoms with E-state index >= 15 is 0 Å². The van der Waals surface area contributed by atoms with Crippen molar-refractivity contribution in [2.45, 2.75) is 19.1 Å². The number of benzene rings is 1. The molecule has 1 saturated heterocycles. The molecule has 2 aromatic rings. The van der Waals surface area contributed by atoms with E-state index in [2.05, 4.69) is 28.9 Å². The molecule has 1 aromatic carbocycles. The van der Waals surface area contributed by atoms with Gasteiger partial charge in [0.05, 0.1) is 6.54 Å². The molecule has 1 aliphatic rings. The topological polar surface area (TPSA) is 15.3 Å². The minimum atomic E-state index is -4.09. The summed E-state index contributed by atoms with van der Waals surface area (Å²) in [6, 6.07) is 12.4. The van der Waals surface area contributed by atoms with Gasteiger partial charge in [0.1, 0.15) is 0 Å². The number of hydrogen-bond acceptors (Lipinski definition) is 3. The first-order valence-corrected chi connectivity index (χ1v) is 9.00. The van der Waals surface area contributed by atoms with E-state index in [0.717, 1.165) is 19.5 Å². The van der Waals surface area contributed by atoms with Crippen LogP contribution in [0.4, 0.5) is 13.2 Å². The summed E-state index contributed by atoms with van der Waals surface area (Å²) in [5.74, 6) is 0.306. The first kappa shape index (κ1) is 17.5. The van der Waals surface area contributed by atoms with Gasteiger partial charge in [-0.2, -0.15) is 13.2 Å². The van der Waals surface area contributed by atoms with Gasteiger partial charge in [-0.15, -0.1) is 11.3 Å². The number of nitrogens with one attached hydrogen (secondary N) is 1. The molecule has 2 nitrogen and oxygen atoms in total. The fraction of sp³-hybridized carbons (Fsp3) is 0.444. The summed E-state index contributed by atoms with van der Waals surface area (Å²) in [5, 5.41) is 5.54. The largest absolute Gasteiger partial charge is 0.401 e. The van der Waals surface area contributed by atoms with Crippen LogP contribution in [-0.4, -0.2) is 37.3 Å². The van der Waals surface area contributed by atoms with Crippen molar-refractivity contribution < 1.29 is 13.2 Å². The van der Waals surface area contributed by atoms with E-state index in [1.165, 1.54) is 20.9 Å². The van der Waals surface area contributed by atoms with Crippen LogP contribution in [0.15, 0.2) is 41.8 Å². The number of rotatable bonds is 6. The van der Waals surface area contributed by atoms with Crippen molar-refractivity contribution in [1.29, 1.82) is 0 Å². The zero-order chi connectivity index (χ0) is 17.0. The Morgan fingerprint density at radius 1 is 1.17 bits per heavy atom. The van der Waals surface area contributed by atoms with Crippen LogP contribution in [0.5, 0.6) is 0 Å². The molecule has 0 aliphatic carbocycles. The second-order valence-electron chi connectivity index (χ2n) is 6.30. The molecule has 0 radical (unpaired) electrons. The number of halogens is 3. The zero-order valence-electron chi connectivity index (χ0n) is 13.4. The Morgan fingerprint density at radius 3 is 2.71 bits per heavy atom. The summed E-state index contributed by atoms with van der Waals surface area (Å²) < 4.78 is 37.2. The average Bonchev–Trinajstić information content (AvgIpc) is 3.16. The second kappa shape index (κ2) is 7.68. The summed E-state index contributed by atoms with van der Waals surface area (Å²) >= 11 is 1.71. The number of thiophene rings is 1. The van der Waals surface area contributed by atoms with Crippen molar-refractivity contribution in [3.05, 3.63) is 46.7 Å². The molecule has 0 saturated carbocycles. The molecule has 1 N–H and O–H groups in total. The molecule has 130 valence electrons. The number of likely N-dealkylation sites (tertiary alicyclic amines) is 1. The highest BCUT2D eigenvalue weighted by Crippen LogP contribution is 2.26. The van der Waals surface area contributed by atoms with E-state index in [-0.39, 0.29) is 0 Å². The van der Waals surface area contributed by atoms with Gasteiger partial charge in [0.25, 0.3) is 0 Å². The maximum absolute atomic E-state index is 12.4. The molecule has 6 heteroatoms. The van der Waals surface area contributed by atoms with Crippen LogP contribution >= 0.6 is 11.3 Å². The first-order chi connectivity index (χ1) is 11.5. The lowest BCUT2D eigenvalue weighted by Gasteiger charge is -2.17. The smallest absolute Gasteiger partial charge is 0.312 e. The third-order valence-corrected chi connectivity index (χ3v) is 5.20. The van der Waals surface area contributed by atoms with E-state index in [1.54, 1.807) is 11.3 Å². The van der Waals surface area contributed by atoms with Crippen LogP contribution in [0.1, 0.15) is 11.3 Å². The van der Waals surface area contributed by atoms with E-state index in [9.17, 15) is 13.2 Å². The molecule has 1 unspecified atom stereocenters. The molecule has 1 aromatic heterocycles. The van der Waals surface area contributed by atoms with Crippen LogP contribution in [0.25, 0.3) is 11.1 Å². The van der Waals surface area contributed by atoms with Crippen molar-refractivity contribution in [1.82, 2.24) is 10.2 Å². The maximum atomic E-state index is 12.4. The van der Waals surface area contributed by atoms with Crippen molar-refractivity contribution in [2.24, 2.45) is 5.92 Å². The lowest BCUT2D eigenvalue weighted by Crippen LogP contribution is -2.33. The molecule has 0 bridgehead atoms. The quantitative estimate of drug-likeness (QED) is 0.828. The lowest BCUT2D eigenvalue weighted by atomic mass is 10.1. The third kappa shape index (κ3) is 5.06. The molecule has 0 spiro atoms. The Morgan fingerprint density at radius 2 is 1.96 bits per heavy atom. The van der Waals surface area contributed by atoms with Crippen molar-refractivity contribution >= 4 is 11.3 Å². The highest BCUT2D eigenvalue weighted by Gasteiger charge is 2.34. The first-order valence-electron chi connectivity index (χ1n) is 8.12. The van der Waals surface area contributed by atoms with Crippen LogP contribution in [0, 0.1) is 5.92 Å². The van der Waals surface area contributed by atoms with Gasteiger partial charge in [0.15, 0.2) is 0 Å². The standard InChI is InChI=1S/C18H21F3N2S/c19-18(20,21)13-23-7-6-14(11-23)9-22-10-17-8-16(12-24-17)15-4-2-1-3-5-15/h1-5,8,12,14,22H,6-7,9-11,13H2. The van der Waals surface area contributed by atoms with Gasteiger partial charge in [0.2, 0.25) is 0 Å². The van der Waals surface area contributed by atoms with E-state index in [1.807, 2.05) is 18.2 Å². The number of alkyl halides is 3. The predicted octanol–water partition coefficient (Wildman–Crippen LogP) is 4.39. The zero-order valence-corrected chi connectivity index (χ0v) is 14.2. The lowest BCUT2D eigenvalue weighted by molar-refractivity contribution is -0.143. The van der Waals surface area contributed by atoms with Crippen LogP contribution in [-0.2, 0) is 6.54 Å². The fourth-order valence-corrected chi connectivity index (χ4v) is 3.99. The van der Waals surface area contributed by atoms with Gasteiger partial charge in [-0.3, -0.25) is 4.90 Å². The summed E-state index contributed by atoms with van der Waals surface area (Å²) in [6.07, 6.45) is -3.25. The summed E-state index contributed by atoms with van der Waals surface area (Å²) in [4.78, 5) is 2.75. The highest BCUT2D eigenvalue weighted by atomic mass is 32.1. The van der Waals surface area contributed by atoms with E-state index in [4.69, 9.17) is 0 Å². The Bertz CT molecular complexity index is 639. The van der Waals surface area contributed by atoms with Crippen molar-refractivity contribution in [2.75, 3.05) is 26.2 Å². The van der Waals surface area contributed by atoms with Crippen LogP contribution < -0.4 is 5.32 Å². The van der Waals surface area contributed by atoms with E-state index < -0.39 is 12.7 Å².